The number of ether oxygens (including phenoxy) is 1. The van der Waals surface area contributed by atoms with Gasteiger partial charge in [0.2, 0.25) is 9.84 Å². The molecule has 4 aromatic carbocycles. The van der Waals surface area contributed by atoms with Crippen LogP contribution in [0.25, 0.3) is 0 Å². The summed E-state index contributed by atoms with van der Waals surface area (Å²) in [5.41, 5.74) is 1.61. The van der Waals surface area contributed by atoms with Gasteiger partial charge in [0.05, 0.1) is 21.9 Å². The van der Waals surface area contributed by atoms with Crippen molar-refractivity contribution in [2.45, 2.75) is 28.7 Å². The quantitative estimate of drug-likeness (QED) is 0.191. The Balaban J connectivity index is 0.00000441. The van der Waals surface area contributed by atoms with Crippen molar-refractivity contribution >= 4 is 27.4 Å². The van der Waals surface area contributed by atoms with Gasteiger partial charge in [-0.25, -0.2) is 8.42 Å². The summed E-state index contributed by atoms with van der Waals surface area (Å²) in [5, 5.41) is 25.4. The molecule has 0 aliphatic heterocycles. The summed E-state index contributed by atoms with van der Waals surface area (Å²) in [4.78, 5) is 11.5. The third-order valence-corrected chi connectivity index (χ3v) is 8.08. The summed E-state index contributed by atoms with van der Waals surface area (Å²) in [6, 6.07) is 25.7. The van der Waals surface area contributed by atoms with Crippen LogP contribution in [-0.2, 0) is 16.3 Å². The van der Waals surface area contributed by atoms with Crippen molar-refractivity contribution in [2.24, 2.45) is 0 Å². The van der Waals surface area contributed by atoms with Gasteiger partial charge < -0.3 is 25.1 Å². The Morgan fingerprint density at radius 1 is 0.925 bits per heavy atom. The van der Waals surface area contributed by atoms with Crippen molar-refractivity contribution in [3.63, 3.8) is 0 Å². The predicted octanol–water partition coefficient (Wildman–Crippen LogP) is 1.59. The zero-order valence-corrected chi connectivity index (χ0v) is 25.5. The molecule has 4 rings (SSSR count). The Labute approximate surface area is 261 Å². The van der Waals surface area contributed by atoms with Gasteiger partial charge in [-0.05, 0) is 85.1 Å². The molecular weight excluding hydrogens is 561 g/mol. The van der Waals surface area contributed by atoms with Gasteiger partial charge in [0.15, 0.2) is 0 Å². The maximum absolute atomic E-state index is 13.2. The Morgan fingerprint density at radius 3 is 2.38 bits per heavy atom. The second-order valence-corrected chi connectivity index (χ2v) is 11.3. The third-order valence-electron chi connectivity index (χ3n) is 6.07. The standard InChI is InChI=1S/C30H28ClNO6S.Na/c31-23-8-3-7-22(18-23)28(33)20-32-17-5-6-21-13-15-25(16-14-21)39(36,37)26-10-4-9-24(19-26)38-29-12-2-1-11-27(29)30(34)35;/h1-4,7-16,18-19,28,32-33H,5-6,17,20H2,(H,34,35);/q;+1/p-1/t28-;/m0./s1. The number of aliphatic hydroxyl groups excluding tert-OH is 1. The van der Waals surface area contributed by atoms with Gasteiger partial charge in [0, 0.05) is 17.1 Å². The number of halogens is 1. The number of hydrogen-bond acceptors (Lipinski definition) is 7. The van der Waals surface area contributed by atoms with Gasteiger partial charge in [-0.3, -0.25) is 0 Å². The molecule has 0 bridgehead atoms. The molecule has 1 atom stereocenters. The number of nitrogens with one attached hydrogen (secondary N) is 1. The summed E-state index contributed by atoms with van der Waals surface area (Å²) in [7, 11) is -3.82. The molecule has 0 spiro atoms. The van der Waals surface area contributed by atoms with E-state index in [-0.39, 0.29) is 56.4 Å². The number of hydrogen-bond donors (Lipinski definition) is 2. The monoisotopic (exact) mass is 587 g/mol. The van der Waals surface area contributed by atoms with Gasteiger partial charge in [-0.15, -0.1) is 0 Å². The summed E-state index contributed by atoms with van der Waals surface area (Å²) in [5.74, 6) is -1.14. The van der Waals surface area contributed by atoms with Crippen LogP contribution in [0.5, 0.6) is 11.5 Å². The number of aryl methyl sites for hydroxylation is 1. The molecule has 0 aromatic heterocycles. The minimum Gasteiger partial charge on any atom is -0.545 e. The molecule has 10 heteroatoms. The van der Waals surface area contributed by atoms with Crippen LogP contribution in [0.15, 0.2) is 107 Å². The van der Waals surface area contributed by atoms with Crippen LogP contribution in [0.4, 0.5) is 0 Å². The number of carboxylic acid groups (broad SMARTS) is 1. The molecule has 0 radical (unpaired) electrons. The van der Waals surface area contributed by atoms with E-state index < -0.39 is 21.9 Å². The van der Waals surface area contributed by atoms with Gasteiger partial charge in [0.1, 0.15) is 11.5 Å². The van der Waals surface area contributed by atoms with Crippen LogP contribution in [-0.4, -0.2) is 32.6 Å². The van der Waals surface area contributed by atoms with E-state index in [4.69, 9.17) is 16.3 Å². The van der Waals surface area contributed by atoms with Crippen molar-refractivity contribution < 1.29 is 57.7 Å². The van der Waals surface area contributed by atoms with Gasteiger partial charge in [-0.1, -0.05) is 54.1 Å². The molecule has 0 unspecified atom stereocenters. The summed E-state index contributed by atoms with van der Waals surface area (Å²) in [6.45, 7) is 1.09. The molecular formula is C30H27ClNNaO6S. The third kappa shape index (κ3) is 8.41. The maximum atomic E-state index is 13.2. The number of rotatable bonds is 12. The topological polar surface area (TPSA) is 116 Å². The van der Waals surface area contributed by atoms with Crippen molar-refractivity contribution in [3.05, 3.63) is 119 Å². The van der Waals surface area contributed by atoms with E-state index in [1.54, 1.807) is 60.7 Å². The normalized spacial score (nSPS) is 11.8. The molecule has 40 heavy (non-hydrogen) atoms. The SMILES string of the molecule is O=C([O-])c1ccccc1Oc1cccc(S(=O)(=O)c2ccc(CCCNC[C@H](O)c3cccc(Cl)c3)cc2)c1.[Na+]. The van der Waals surface area contributed by atoms with Crippen LogP contribution in [0.1, 0.15) is 34.0 Å². The van der Waals surface area contributed by atoms with Gasteiger partial charge in [0.25, 0.3) is 0 Å². The molecule has 2 N–H and O–H groups in total. The van der Waals surface area contributed by atoms with Gasteiger partial charge >= 0.3 is 29.6 Å². The van der Waals surface area contributed by atoms with E-state index in [1.165, 1.54) is 30.3 Å². The Hall–Kier alpha value is -2.69. The van der Waals surface area contributed by atoms with E-state index in [2.05, 4.69) is 5.32 Å². The van der Waals surface area contributed by atoms with E-state index in [1.807, 2.05) is 6.07 Å². The number of sulfone groups is 1. The van der Waals surface area contributed by atoms with Crippen LogP contribution in [0, 0.1) is 0 Å². The fraction of sp³-hybridized carbons (Fsp3) is 0.167. The second kappa shape index (κ2) is 14.8. The molecule has 7 nitrogen and oxygen atoms in total. The number of benzene rings is 4. The number of para-hydroxylation sites is 1. The first kappa shape index (κ1) is 31.8. The Kier molecular flexibility index (Phi) is 11.8. The van der Waals surface area contributed by atoms with Crippen molar-refractivity contribution in [1.29, 1.82) is 0 Å². The first-order valence-electron chi connectivity index (χ1n) is 12.3. The van der Waals surface area contributed by atoms with Crippen molar-refractivity contribution in [1.82, 2.24) is 5.32 Å². The first-order valence-corrected chi connectivity index (χ1v) is 14.2. The largest absolute Gasteiger partial charge is 1.00 e. The van der Waals surface area contributed by atoms with Crippen LogP contribution in [0.3, 0.4) is 0 Å². The van der Waals surface area contributed by atoms with E-state index >= 15 is 0 Å². The molecule has 0 aliphatic rings. The minimum atomic E-state index is -3.82. The zero-order chi connectivity index (χ0) is 27.8. The number of carboxylic acids is 1. The summed E-state index contributed by atoms with van der Waals surface area (Å²) < 4.78 is 32.1. The minimum absolute atomic E-state index is 0. The number of carbonyl (C=O) groups is 1. The first-order chi connectivity index (χ1) is 18.7. The van der Waals surface area contributed by atoms with E-state index in [9.17, 15) is 23.4 Å². The Bertz CT molecular complexity index is 1550. The zero-order valence-electron chi connectivity index (χ0n) is 21.9. The molecule has 0 amide bonds. The molecule has 4 aromatic rings. The Morgan fingerprint density at radius 2 is 1.65 bits per heavy atom. The smallest absolute Gasteiger partial charge is 0.545 e. The van der Waals surface area contributed by atoms with Crippen LogP contribution >= 0.6 is 11.6 Å². The molecule has 0 aliphatic carbocycles. The molecule has 0 heterocycles. The number of aromatic carboxylic acids is 1. The van der Waals surface area contributed by atoms with Crippen molar-refractivity contribution in [2.75, 3.05) is 13.1 Å². The van der Waals surface area contributed by atoms with Gasteiger partial charge in [-0.2, -0.15) is 0 Å². The van der Waals surface area contributed by atoms with Crippen LogP contribution in [0.2, 0.25) is 5.02 Å². The van der Waals surface area contributed by atoms with E-state index in [0.29, 0.717) is 18.1 Å². The fourth-order valence-electron chi connectivity index (χ4n) is 4.02. The summed E-state index contributed by atoms with van der Waals surface area (Å²) >= 11 is 5.97. The van der Waals surface area contributed by atoms with Crippen LogP contribution < -0.4 is 44.7 Å². The maximum Gasteiger partial charge on any atom is 1.00 e. The number of aliphatic hydroxyl groups is 1. The fourth-order valence-corrected chi connectivity index (χ4v) is 5.51. The van der Waals surface area contributed by atoms with E-state index in [0.717, 1.165) is 24.0 Å². The summed E-state index contributed by atoms with van der Waals surface area (Å²) in [6.07, 6.45) is 0.893. The van der Waals surface area contributed by atoms with Crippen molar-refractivity contribution in [3.8, 4) is 11.5 Å². The average Bonchev–Trinajstić information content (AvgIpc) is 2.93. The molecule has 202 valence electrons. The number of carbonyl (C=O) groups excluding carboxylic acids is 1. The predicted molar refractivity (Wildman–Crippen MR) is 147 cm³/mol. The molecule has 0 fully saturated rings. The molecule has 0 saturated heterocycles. The molecule has 0 saturated carbocycles. The second-order valence-electron chi connectivity index (χ2n) is 8.89. The average molecular weight is 588 g/mol.